The number of rotatable bonds is 3. The Hall–Kier alpha value is -1.46. The first kappa shape index (κ1) is 13.0. The number of hydrogen-bond donors (Lipinski definition) is 2. The molecule has 5 nitrogen and oxygen atoms in total. The lowest BCUT2D eigenvalue weighted by atomic mass is 10.0. The Morgan fingerprint density at radius 3 is 2.89 bits per heavy atom. The molecule has 3 N–H and O–H groups in total. The van der Waals surface area contributed by atoms with E-state index in [-0.39, 0.29) is 6.42 Å². The minimum atomic E-state index is -1.06. The second kappa shape index (κ2) is 5.04. The molecule has 0 aromatic heterocycles. The van der Waals surface area contributed by atoms with Crippen molar-refractivity contribution in [2.75, 3.05) is 13.2 Å². The molecule has 1 atom stereocenters. The number of benzene rings is 1. The monoisotopic (exact) mass is 271 g/mol. The standard InChI is InChI=1S/C12H14ClNO4/c1-6-10(13)7(4-8(14)12(15)16)5-9-11(6)18-3-2-17-9/h5,8H,2-4,14H2,1H3,(H,15,16). The van der Waals surface area contributed by atoms with Crippen LogP contribution in [0, 0.1) is 6.92 Å². The summed E-state index contributed by atoms with van der Waals surface area (Å²) in [5, 5.41) is 9.30. The number of fused-ring (bicyclic) bond motifs is 1. The van der Waals surface area contributed by atoms with E-state index in [1.807, 2.05) is 6.92 Å². The minimum Gasteiger partial charge on any atom is -0.486 e. The topological polar surface area (TPSA) is 81.8 Å². The van der Waals surface area contributed by atoms with E-state index in [1.165, 1.54) is 0 Å². The van der Waals surface area contributed by atoms with Gasteiger partial charge >= 0.3 is 5.97 Å². The molecule has 1 unspecified atom stereocenters. The van der Waals surface area contributed by atoms with Crippen molar-refractivity contribution < 1.29 is 19.4 Å². The van der Waals surface area contributed by atoms with Gasteiger partial charge in [0.1, 0.15) is 19.3 Å². The highest BCUT2D eigenvalue weighted by Gasteiger charge is 2.22. The zero-order valence-electron chi connectivity index (χ0n) is 9.90. The predicted molar refractivity (Wildman–Crippen MR) is 66.5 cm³/mol. The summed E-state index contributed by atoms with van der Waals surface area (Å²) in [6.07, 6.45) is 0.158. The molecular weight excluding hydrogens is 258 g/mol. The van der Waals surface area contributed by atoms with Gasteiger partial charge in [-0.3, -0.25) is 4.79 Å². The molecule has 0 fully saturated rings. The normalized spacial score (nSPS) is 15.3. The first-order valence-electron chi connectivity index (χ1n) is 5.56. The Kier molecular flexibility index (Phi) is 3.63. The van der Waals surface area contributed by atoms with Crippen LogP contribution in [0.1, 0.15) is 11.1 Å². The summed E-state index contributed by atoms with van der Waals surface area (Å²) in [5.74, 6) is 0.160. The first-order chi connectivity index (χ1) is 8.50. The molecule has 1 aromatic carbocycles. The van der Waals surface area contributed by atoms with Crippen LogP contribution in [0.5, 0.6) is 11.5 Å². The molecule has 1 aliphatic heterocycles. The smallest absolute Gasteiger partial charge is 0.320 e. The number of halogens is 1. The van der Waals surface area contributed by atoms with Gasteiger partial charge in [0.25, 0.3) is 0 Å². The average Bonchev–Trinajstić information content (AvgIpc) is 2.35. The maximum atomic E-state index is 10.8. The van der Waals surface area contributed by atoms with Crippen molar-refractivity contribution in [1.82, 2.24) is 0 Å². The molecule has 0 saturated carbocycles. The van der Waals surface area contributed by atoms with Crippen molar-refractivity contribution in [2.45, 2.75) is 19.4 Å². The van der Waals surface area contributed by atoms with Gasteiger partial charge in [0, 0.05) is 5.56 Å². The molecule has 0 spiro atoms. The zero-order chi connectivity index (χ0) is 13.3. The fourth-order valence-corrected chi connectivity index (χ4v) is 2.08. The summed E-state index contributed by atoms with van der Waals surface area (Å²) in [5.41, 5.74) is 6.93. The lowest BCUT2D eigenvalue weighted by molar-refractivity contribution is -0.138. The highest BCUT2D eigenvalue weighted by Crippen LogP contribution is 2.40. The van der Waals surface area contributed by atoms with Crippen molar-refractivity contribution in [1.29, 1.82) is 0 Å². The van der Waals surface area contributed by atoms with Crippen LogP contribution >= 0.6 is 11.6 Å². The number of carboxylic acid groups (broad SMARTS) is 1. The van der Waals surface area contributed by atoms with Gasteiger partial charge in [0.05, 0.1) is 5.02 Å². The number of nitrogens with two attached hydrogens (primary N) is 1. The molecule has 0 saturated heterocycles. The molecule has 1 aliphatic rings. The third-order valence-corrected chi connectivity index (χ3v) is 3.35. The number of aliphatic carboxylic acids is 1. The van der Waals surface area contributed by atoms with Crippen molar-refractivity contribution in [3.63, 3.8) is 0 Å². The van der Waals surface area contributed by atoms with Crippen LogP contribution in [-0.4, -0.2) is 30.3 Å². The zero-order valence-corrected chi connectivity index (χ0v) is 10.7. The molecule has 6 heteroatoms. The van der Waals surface area contributed by atoms with Gasteiger partial charge in [-0.15, -0.1) is 0 Å². The van der Waals surface area contributed by atoms with Crippen LogP contribution in [0.25, 0.3) is 0 Å². The third kappa shape index (κ3) is 2.37. The van der Waals surface area contributed by atoms with Gasteiger partial charge in [-0.2, -0.15) is 0 Å². The maximum absolute atomic E-state index is 10.8. The maximum Gasteiger partial charge on any atom is 0.320 e. The van der Waals surface area contributed by atoms with Gasteiger partial charge in [-0.1, -0.05) is 11.6 Å². The highest BCUT2D eigenvalue weighted by molar-refractivity contribution is 6.32. The van der Waals surface area contributed by atoms with E-state index < -0.39 is 12.0 Å². The Bertz CT molecular complexity index is 489. The lowest BCUT2D eigenvalue weighted by Crippen LogP contribution is -2.32. The molecule has 1 aromatic rings. The largest absolute Gasteiger partial charge is 0.486 e. The number of carbonyl (C=O) groups is 1. The van der Waals surface area contributed by atoms with E-state index in [9.17, 15) is 4.79 Å². The van der Waals surface area contributed by atoms with Crippen molar-refractivity contribution in [2.24, 2.45) is 5.73 Å². The Morgan fingerprint density at radius 1 is 1.56 bits per heavy atom. The fourth-order valence-electron chi connectivity index (χ4n) is 1.87. The Morgan fingerprint density at radius 2 is 2.22 bits per heavy atom. The molecular formula is C12H14ClNO4. The molecule has 98 valence electrons. The van der Waals surface area contributed by atoms with E-state index in [1.54, 1.807) is 6.07 Å². The second-order valence-corrected chi connectivity index (χ2v) is 4.53. The SMILES string of the molecule is Cc1c(Cl)c(CC(N)C(=O)O)cc2c1OCCO2. The average molecular weight is 272 g/mol. The van der Waals surface area contributed by atoms with E-state index in [4.69, 9.17) is 31.9 Å². The van der Waals surface area contributed by atoms with Crippen LogP contribution < -0.4 is 15.2 Å². The summed E-state index contributed by atoms with van der Waals surface area (Å²) in [4.78, 5) is 10.8. The number of hydrogen-bond acceptors (Lipinski definition) is 4. The Balaban J connectivity index is 2.37. The molecule has 0 radical (unpaired) electrons. The van der Waals surface area contributed by atoms with Crippen LogP contribution in [0.15, 0.2) is 6.07 Å². The fraction of sp³-hybridized carbons (Fsp3) is 0.417. The van der Waals surface area contributed by atoms with Gasteiger partial charge in [0.15, 0.2) is 11.5 Å². The van der Waals surface area contributed by atoms with E-state index in [0.717, 1.165) is 5.56 Å². The van der Waals surface area contributed by atoms with Crippen molar-refractivity contribution >= 4 is 17.6 Å². The van der Waals surface area contributed by atoms with E-state index >= 15 is 0 Å². The highest BCUT2D eigenvalue weighted by atomic mass is 35.5. The number of carboxylic acids is 1. The molecule has 0 amide bonds. The van der Waals surface area contributed by atoms with Crippen LogP contribution in [0.2, 0.25) is 5.02 Å². The second-order valence-electron chi connectivity index (χ2n) is 4.15. The molecule has 18 heavy (non-hydrogen) atoms. The van der Waals surface area contributed by atoms with E-state index in [2.05, 4.69) is 0 Å². The van der Waals surface area contributed by atoms with Crippen LogP contribution in [0.3, 0.4) is 0 Å². The summed E-state index contributed by atoms with van der Waals surface area (Å²) in [6.45, 7) is 2.77. The van der Waals surface area contributed by atoms with Gasteiger partial charge in [-0.05, 0) is 25.0 Å². The molecule has 2 rings (SSSR count). The molecule has 1 heterocycles. The summed E-state index contributed by atoms with van der Waals surface area (Å²) in [7, 11) is 0. The van der Waals surface area contributed by atoms with Gasteiger partial charge in [0.2, 0.25) is 0 Å². The van der Waals surface area contributed by atoms with Crippen molar-refractivity contribution in [3.05, 3.63) is 22.2 Å². The number of ether oxygens (including phenoxy) is 2. The summed E-state index contributed by atoms with van der Waals surface area (Å²) in [6, 6.07) is 0.719. The molecule has 0 bridgehead atoms. The lowest BCUT2D eigenvalue weighted by Gasteiger charge is -2.22. The van der Waals surface area contributed by atoms with Gasteiger partial charge in [-0.25, -0.2) is 0 Å². The summed E-state index contributed by atoms with van der Waals surface area (Å²) >= 11 is 6.19. The van der Waals surface area contributed by atoms with Crippen LogP contribution in [0.4, 0.5) is 0 Å². The molecule has 0 aliphatic carbocycles. The first-order valence-corrected chi connectivity index (χ1v) is 5.94. The van der Waals surface area contributed by atoms with E-state index in [0.29, 0.717) is 35.3 Å². The third-order valence-electron chi connectivity index (χ3n) is 2.83. The predicted octanol–water partition coefficient (Wildman–Crippen LogP) is 1.37. The van der Waals surface area contributed by atoms with Gasteiger partial charge < -0.3 is 20.3 Å². The quantitative estimate of drug-likeness (QED) is 0.868. The Labute approximate surface area is 109 Å². The van der Waals surface area contributed by atoms with Crippen molar-refractivity contribution in [3.8, 4) is 11.5 Å². The minimum absolute atomic E-state index is 0.158. The van der Waals surface area contributed by atoms with Crippen LogP contribution in [-0.2, 0) is 11.2 Å². The summed E-state index contributed by atoms with van der Waals surface area (Å²) < 4.78 is 11.0.